The molecule has 160 valence electrons. The number of hydrogen-bond acceptors (Lipinski definition) is 3. The zero-order chi connectivity index (χ0) is 22.7. The summed E-state index contributed by atoms with van der Waals surface area (Å²) in [6, 6.07) is 27.8. The average Bonchev–Trinajstić information content (AvgIpc) is 2.77. The molecule has 0 heterocycles. The predicted octanol–water partition coefficient (Wildman–Crippen LogP) is 8.86. The van der Waals surface area contributed by atoms with Gasteiger partial charge in [0, 0.05) is 33.9 Å². The second-order valence-corrected chi connectivity index (χ2v) is 8.82. The Morgan fingerprint density at radius 3 is 1.41 bits per heavy atom. The molecule has 0 aromatic heterocycles. The van der Waals surface area contributed by atoms with Gasteiger partial charge >= 0.3 is 0 Å². The van der Waals surface area contributed by atoms with Crippen molar-refractivity contribution in [2.75, 3.05) is 10.6 Å². The third-order valence-electron chi connectivity index (χ3n) is 5.28. The van der Waals surface area contributed by atoms with E-state index in [1.807, 2.05) is 72.8 Å². The van der Waals surface area contributed by atoms with Gasteiger partial charge in [0.2, 0.25) is 0 Å². The second kappa shape index (κ2) is 9.74. The molecule has 0 aliphatic heterocycles. The van der Waals surface area contributed by atoms with Crippen LogP contribution in [0.3, 0.4) is 0 Å². The highest BCUT2D eigenvalue weighted by Gasteiger charge is 2.14. The van der Waals surface area contributed by atoms with Crippen molar-refractivity contribution in [1.82, 2.24) is 0 Å². The van der Waals surface area contributed by atoms with Crippen molar-refractivity contribution in [3.63, 3.8) is 0 Å². The number of rotatable bonds is 6. The lowest BCUT2D eigenvalue weighted by Crippen LogP contribution is -2.03. The van der Waals surface area contributed by atoms with Crippen molar-refractivity contribution in [1.29, 1.82) is 0 Å². The Morgan fingerprint density at radius 1 is 0.625 bits per heavy atom. The maximum atomic E-state index is 6.61. The van der Waals surface area contributed by atoms with Crippen molar-refractivity contribution < 1.29 is 0 Å². The van der Waals surface area contributed by atoms with Crippen LogP contribution in [0.25, 0.3) is 0 Å². The third-order valence-corrected chi connectivity index (χ3v) is 6.34. The fraction of sp³-hybridized carbons (Fsp3) is 0.0741. The van der Waals surface area contributed by atoms with Crippen LogP contribution >= 0.6 is 35.4 Å². The first-order chi connectivity index (χ1) is 15.4. The molecule has 0 unspecified atom stereocenters. The SMILES string of the molecule is Cc1ccccc1Nc1ccc(C(=S)c2ccc(Nc3ccccc3C)cc2Cl)c(Cl)c1. The molecule has 5 heteroatoms. The van der Waals surface area contributed by atoms with Gasteiger partial charge < -0.3 is 10.6 Å². The number of anilines is 4. The molecule has 32 heavy (non-hydrogen) atoms. The summed E-state index contributed by atoms with van der Waals surface area (Å²) in [6.45, 7) is 4.13. The molecule has 0 amide bonds. The minimum atomic E-state index is 0.576. The number of halogens is 2. The van der Waals surface area contributed by atoms with Gasteiger partial charge in [-0.3, -0.25) is 0 Å². The Kier molecular flexibility index (Phi) is 6.80. The molecule has 0 saturated heterocycles. The zero-order valence-electron chi connectivity index (χ0n) is 17.7. The highest BCUT2D eigenvalue weighted by molar-refractivity contribution is 7.81. The lowest BCUT2D eigenvalue weighted by molar-refractivity contribution is 1.43. The molecule has 0 bridgehead atoms. The summed E-state index contributed by atoms with van der Waals surface area (Å²) in [6.07, 6.45) is 0. The van der Waals surface area contributed by atoms with Gasteiger partial charge in [0.25, 0.3) is 0 Å². The van der Waals surface area contributed by atoms with Gasteiger partial charge in [-0.15, -0.1) is 0 Å². The molecule has 4 aromatic rings. The maximum absolute atomic E-state index is 6.61. The first-order valence-corrected chi connectivity index (χ1v) is 11.4. The minimum Gasteiger partial charge on any atom is -0.355 e. The van der Waals surface area contributed by atoms with Crippen molar-refractivity contribution in [3.8, 4) is 0 Å². The summed E-state index contributed by atoms with van der Waals surface area (Å²) >= 11 is 19.0. The highest BCUT2D eigenvalue weighted by Crippen LogP contribution is 2.31. The Hall–Kier alpha value is -2.85. The molecule has 0 radical (unpaired) electrons. The number of thiocarbonyl (C=S) groups is 1. The molecule has 0 atom stereocenters. The van der Waals surface area contributed by atoms with E-state index in [0.717, 1.165) is 45.0 Å². The largest absolute Gasteiger partial charge is 0.355 e. The zero-order valence-corrected chi connectivity index (χ0v) is 20.1. The molecular weight excluding hydrogens is 455 g/mol. The Bertz CT molecular complexity index is 1200. The van der Waals surface area contributed by atoms with Crippen LogP contribution < -0.4 is 10.6 Å². The van der Waals surface area contributed by atoms with E-state index in [1.54, 1.807) is 0 Å². The fourth-order valence-corrected chi connectivity index (χ4v) is 4.45. The van der Waals surface area contributed by atoms with Gasteiger partial charge in [-0.1, -0.05) is 71.8 Å². The lowest BCUT2D eigenvalue weighted by Gasteiger charge is -2.14. The molecule has 0 spiro atoms. The van der Waals surface area contributed by atoms with Crippen LogP contribution in [-0.2, 0) is 0 Å². The Labute approximate surface area is 204 Å². The van der Waals surface area contributed by atoms with Gasteiger partial charge in [0.15, 0.2) is 0 Å². The summed E-state index contributed by atoms with van der Waals surface area (Å²) in [7, 11) is 0. The van der Waals surface area contributed by atoms with Crippen molar-refractivity contribution >= 4 is 63.0 Å². The smallest absolute Gasteiger partial charge is 0.0551 e. The summed E-state index contributed by atoms with van der Waals surface area (Å²) < 4.78 is 0. The first kappa shape index (κ1) is 22.3. The van der Waals surface area contributed by atoms with Gasteiger partial charge in [0.05, 0.1) is 14.9 Å². The van der Waals surface area contributed by atoms with E-state index in [-0.39, 0.29) is 0 Å². The molecule has 2 N–H and O–H groups in total. The van der Waals surface area contributed by atoms with Crippen molar-refractivity contribution in [2.24, 2.45) is 0 Å². The quantitative estimate of drug-likeness (QED) is 0.214. The van der Waals surface area contributed by atoms with Gasteiger partial charge in [0.1, 0.15) is 0 Å². The predicted molar refractivity (Wildman–Crippen MR) is 143 cm³/mol. The monoisotopic (exact) mass is 476 g/mol. The lowest BCUT2D eigenvalue weighted by atomic mass is 10.0. The van der Waals surface area contributed by atoms with E-state index in [9.17, 15) is 0 Å². The van der Waals surface area contributed by atoms with E-state index < -0.39 is 0 Å². The summed E-state index contributed by atoms with van der Waals surface area (Å²) in [4.78, 5) is 0.616. The van der Waals surface area contributed by atoms with Gasteiger partial charge in [-0.25, -0.2) is 0 Å². The number of nitrogens with one attached hydrogen (secondary N) is 2. The van der Waals surface area contributed by atoms with E-state index in [1.165, 1.54) is 0 Å². The molecule has 0 saturated carbocycles. The fourth-order valence-electron chi connectivity index (χ4n) is 3.44. The van der Waals surface area contributed by atoms with Crippen molar-refractivity contribution in [2.45, 2.75) is 13.8 Å². The topological polar surface area (TPSA) is 24.1 Å². The maximum Gasteiger partial charge on any atom is 0.0551 e. The molecule has 0 fully saturated rings. The van der Waals surface area contributed by atoms with Crippen LogP contribution in [0.2, 0.25) is 10.0 Å². The van der Waals surface area contributed by atoms with Crippen molar-refractivity contribution in [3.05, 3.63) is 117 Å². The Balaban J connectivity index is 1.55. The number of para-hydroxylation sites is 2. The number of hydrogen-bond donors (Lipinski definition) is 2. The summed E-state index contributed by atoms with van der Waals surface area (Å²) in [5.41, 5.74) is 7.76. The van der Waals surface area contributed by atoms with Gasteiger partial charge in [-0.2, -0.15) is 0 Å². The Morgan fingerprint density at radius 2 is 1.03 bits per heavy atom. The molecule has 4 rings (SSSR count). The molecule has 0 aliphatic carbocycles. The second-order valence-electron chi connectivity index (χ2n) is 7.60. The molecule has 0 aliphatic rings. The summed E-state index contributed by atoms with van der Waals surface area (Å²) in [5, 5.41) is 7.96. The molecular formula is C27H22Cl2N2S. The van der Waals surface area contributed by atoms with Crippen LogP contribution in [0.5, 0.6) is 0 Å². The molecule has 4 aromatic carbocycles. The minimum absolute atomic E-state index is 0.576. The van der Waals surface area contributed by atoms with Crippen LogP contribution in [-0.4, -0.2) is 4.86 Å². The van der Waals surface area contributed by atoms with E-state index >= 15 is 0 Å². The van der Waals surface area contributed by atoms with Crippen LogP contribution in [0.1, 0.15) is 22.3 Å². The normalized spacial score (nSPS) is 10.6. The standard InChI is InChI=1S/C27H22Cl2N2S/c1-17-7-3-5-9-25(17)30-19-11-13-21(23(28)15-19)27(32)22-14-12-20(16-24(22)29)31-26-10-6-4-8-18(26)2/h3-16,30-31H,1-2H3. The van der Waals surface area contributed by atoms with Crippen LogP contribution in [0.15, 0.2) is 84.9 Å². The average molecular weight is 477 g/mol. The number of benzene rings is 4. The number of aryl methyl sites for hydroxylation is 2. The van der Waals surface area contributed by atoms with E-state index in [0.29, 0.717) is 14.9 Å². The summed E-state index contributed by atoms with van der Waals surface area (Å²) in [5.74, 6) is 0. The third kappa shape index (κ3) is 4.97. The highest BCUT2D eigenvalue weighted by atomic mass is 35.5. The molecule has 2 nitrogen and oxygen atoms in total. The van der Waals surface area contributed by atoms with Gasteiger partial charge in [-0.05, 0) is 73.5 Å². The van der Waals surface area contributed by atoms with E-state index in [2.05, 4.69) is 36.6 Å². The van der Waals surface area contributed by atoms with Crippen LogP contribution in [0, 0.1) is 13.8 Å². The van der Waals surface area contributed by atoms with E-state index in [4.69, 9.17) is 35.4 Å². The first-order valence-electron chi connectivity index (χ1n) is 10.2. The van der Waals surface area contributed by atoms with Crippen LogP contribution in [0.4, 0.5) is 22.7 Å².